The zero-order valence-electron chi connectivity index (χ0n) is 12.7. The van der Waals surface area contributed by atoms with Gasteiger partial charge in [-0.1, -0.05) is 39.5 Å². The Hall–Kier alpha value is -0.0400. The second-order valence-electron chi connectivity index (χ2n) is 6.89. The van der Waals surface area contributed by atoms with Crippen molar-refractivity contribution in [2.24, 2.45) is 11.8 Å². The Morgan fingerprint density at radius 2 is 1.61 bits per heavy atom. The molecule has 0 saturated heterocycles. The van der Waals surface area contributed by atoms with Crippen LogP contribution in [-0.2, 0) is 0 Å². The molecule has 0 heterocycles. The van der Waals surface area contributed by atoms with Crippen LogP contribution >= 0.6 is 0 Å². The summed E-state index contributed by atoms with van der Waals surface area (Å²) in [4.78, 5) is 2.82. The first-order chi connectivity index (χ1) is 8.79. The summed E-state index contributed by atoms with van der Waals surface area (Å²) in [5.74, 6) is 2.11. The van der Waals surface area contributed by atoms with Gasteiger partial charge in [0, 0.05) is 6.04 Å². The lowest BCUT2D eigenvalue weighted by Crippen LogP contribution is -2.39. The molecule has 1 heteroatoms. The molecule has 0 bridgehead atoms. The molecule has 2 aliphatic rings. The van der Waals surface area contributed by atoms with Crippen LogP contribution in [-0.4, -0.2) is 24.0 Å². The summed E-state index contributed by atoms with van der Waals surface area (Å²) in [7, 11) is 0. The maximum Gasteiger partial charge on any atom is 0.00954 e. The standard InChI is InChI=1S/C17H33N/c1-3-13-18(14-5-4-6-16-9-10-16)17-11-7-15(2)8-12-17/h15-17H,3-14H2,1-2H3. The first-order valence-electron chi connectivity index (χ1n) is 8.53. The molecule has 2 rings (SSSR count). The van der Waals surface area contributed by atoms with Crippen molar-refractivity contribution in [1.82, 2.24) is 4.90 Å². The van der Waals surface area contributed by atoms with Gasteiger partial charge in [-0.05, 0) is 63.5 Å². The van der Waals surface area contributed by atoms with Gasteiger partial charge in [0.2, 0.25) is 0 Å². The van der Waals surface area contributed by atoms with E-state index in [0.29, 0.717) is 0 Å². The smallest absolute Gasteiger partial charge is 0.00954 e. The molecular formula is C17H33N. The van der Waals surface area contributed by atoms with E-state index in [0.717, 1.165) is 17.9 Å². The average molecular weight is 251 g/mol. The van der Waals surface area contributed by atoms with E-state index >= 15 is 0 Å². The largest absolute Gasteiger partial charge is 0.300 e. The molecule has 0 amide bonds. The highest BCUT2D eigenvalue weighted by Gasteiger charge is 2.24. The first-order valence-corrected chi connectivity index (χ1v) is 8.53. The molecule has 0 spiro atoms. The highest BCUT2D eigenvalue weighted by Crippen LogP contribution is 2.34. The van der Waals surface area contributed by atoms with Gasteiger partial charge >= 0.3 is 0 Å². The number of nitrogens with zero attached hydrogens (tertiary/aromatic N) is 1. The quantitative estimate of drug-likeness (QED) is 0.557. The van der Waals surface area contributed by atoms with Crippen LogP contribution in [0.4, 0.5) is 0 Å². The summed E-state index contributed by atoms with van der Waals surface area (Å²) in [6.07, 6.45) is 14.7. The lowest BCUT2D eigenvalue weighted by molar-refractivity contribution is 0.137. The molecule has 0 aromatic rings. The van der Waals surface area contributed by atoms with Gasteiger partial charge < -0.3 is 4.90 Å². The minimum atomic E-state index is 0.919. The van der Waals surface area contributed by atoms with Crippen molar-refractivity contribution in [3.05, 3.63) is 0 Å². The van der Waals surface area contributed by atoms with Crippen LogP contribution in [0.3, 0.4) is 0 Å². The second kappa shape index (κ2) is 7.53. The summed E-state index contributed by atoms with van der Waals surface area (Å²) >= 11 is 0. The van der Waals surface area contributed by atoms with Gasteiger partial charge in [0.15, 0.2) is 0 Å². The van der Waals surface area contributed by atoms with Crippen LogP contribution < -0.4 is 0 Å². The predicted molar refractivity (Wildman–Crippen MR) is 79.9 cm³/mol. The lowest BCUT2D eigenvalue weighted by Gasteiger charge is -2.36. The lowest BCUT2D eigenvalue weighted by atomic mass is 9.86. The molecule has 0 N–H and O–H groups in total. The van der Waals surface area contributed by atoms with E-state index in [1.165, 1.54) is 77.3 Å². The van der Waals surface area contributed by atoms with Gasteiger partial charge in [0.1, 0.15) is 0 Å². The number of unbranched alkanes of at least 4 members (excludes halogenated alkanes) is 1. The van der Waals surface area contributed by atoms with E-state index in [9.17, 15) is 0 Å². The van der Waals surface area contributed by atoms with Gasteiger partial charge in [0.05, 0.1) is 0 Å². The third-order valence-corrected chi connectivity index (χ3v) is 5.02. The van der Waals surface area contributed by atoms with E-state index in [2.05, 4.69) is 18.7 Å². The second-order valence-corrected chi connectivity index (χ2v) is 6.89. The molecule has 0 unspecified atom stereocenters. The Bertz CT molecular complexity index is 214. The Morgan fingerprint density at radius 1 is 0.889 bits per heavy atom. The van der Waals surface area contributed by atoms with Gasteiger partial charge in [0.25, 0.3) is 0 Å². The molecule has 0 aromatic heterocycles. The van der Waals surface area contributed by atoms with Gasteiger partial charge in [-0.2, -0.15) is 0 Å². The fourth-order valence-electron chi connectivity index (χ4n) is 3.53. The minimum absolute atomic E-state index is 0.919. The topological polar surface area (TPSA) is 3.24 Å². The fraction of sp³-hybridized carbons (Fsp3) is 1.00. The van der Waals surface area contributed by atoms with Crippen LogP contribution in [0.2, 0.25) is 0 Å². The van der Waals surface area contributed by atoms with Crippen LogP contribution in [0.25, 0.3) is 0 Å². The van der Waals surface area contributed by atoms with Crippen molar-refractivity contribution < 1.29 is 0 Å². The van der Waals surface area contributed by atoms with Crippen molar-refractivity contribution in [2.75, 3.05) is 13.1 Å². The van der Waals surface area contributed by atoms with Crippen LogP contribution in [0.15, 0.2) is 0 Å². The van der Waals surface area contributed by atoms with E-state index < -0.39 is 0 Å². The molecule has 1 nitrogen and oxygen atoms in total. The Morgan fingerprint density at radius 3 is 2.22 bits per heavy atom. The summed E-state index contributed by atoms with van der Waals surface area (Å²) in [5.41, 5.74) is 0. The summed E-state index contributed by atoms with van der Waals surface area (Å²) < 4.78 is 0. The molecule has 2 fully saturated rings. The molecule has 0 radical (unpaired) electrons. The van der Waals surface area contributed by atoms with Crippen molar-refractivity contribution in [1.29, 1.82) is 0 Å². The minimum Gasteiger partial charge on any atom is -0.300 e. The fourth-order valence-corrected chi connectivity index (χ4v) is 3.53. The monoisotopic (exact) mass is 251 g/mol. The Balaban J connectivity index is 1.64. The molecule has 0 aromatic carbocycles. The normalized spacial score (nSPS) is 28.8. The van der Waals surface area contributed by atoms with Crippen LogP contribution in [0, 0.1) is 11.8 Å². The van der Waals surface area contributed by atoms with Crippen LogP contribution in [0.5, 0.6) is 0 Å². The molecule has 2 saturated carbocycles. The van der Waals surface area contributed by atoms with E-state index in [1.807, 2.05) is 0 Å². The maximum atomic E-state index is 2.82. The number of hydrogen-bond acceptors (Lipinski definition) is 1. The third-order valence-electron chi connectivity index (χ3n) is 5.02. The molecular weight excluding hydrogens is 218 g/mol. The highest BCUT2D eigenvalue weighted by molar-refractivity contribution is 4.79. The predicted octanol–water partition coefficient (Wildman–Crippen LogP) is 4.86. The molecule has 0 aliphatic heterocycles. The average Bonchev–Trinajstić information content (AvgIpc) is 3.18. The number of hydrogen-bond donors (Lipinski definition) is 0. The van der Waals surface area contributed by atoms with E-state index in [4.69, 9.17) is 0 Å². The molecule has 0 atom stereocenters. The summed E-state index contributed by atoms with van der Waals surface area (Å²) in [6, 6.07) is 0.919. The zero-order valence-corrected chi connectivity index (χ0v) is 12.7. The van der Waals surface area contributed by atoms with Crippen molar-refractivity contribution in [3.63, 3.8) is 0 Å². The molecule has 2 aliphatic carbocycles. The Kier molecular flexibility index (Phi) is 6.01. The van der Waals surface area contributed by atoms with Crippen molar-refractivity contribution >= 4 is 0 Å². The Labute approximate surface area is 114 Å². The molecule has 18 heavy (non-hydrogen) atoms. The third kappa shape index (κ3) is 4.91. The van der Waals surface area contributed by atoms with E-state index in [-0.39, 0.29) is 0 Å². The number of rotatable bonds is 8. The van der Waals surface area contributed by atoms with Crippen molar-refractivity contribution in [3.8, 4) is 0 Å². The summed E-state index contributed by atoms with van der Waals surface area (Å²) in [5, 5.41) is 0. The van der Waals surface area contributed by atoms with Crippen LogP contribution in [0.1, 0.15) is 78.1 Å². The van der Waals surface area contributed by atoms with Gasteiger partial charge in [-0.15, -0.1) is 0 Å². The summed E-state index contributed by atoms with van der Waals surface area (Å²) in [6.45, 7) is 7.47. The van der Waals surface area contributed by atoms with Gasteiger partial charge in [-0.3, -0.25) is 0 Å². The van der Waals surface area contributed by atoms with E-state index in [1.54, 1.807) is 0 Å². The highest BCUT2D eigenvalue weighted by atomic mass is 15.1. The molecule has 106 valence electrons. The first kappa shape index (κ1) is 14.4. The van der Waals surface area contributed by atoms with Gasteiger partial charge in [-0.25, -0.2) is 0 Å². The SMILES string of the molecule is CCCN(CCCCC1CC1)C1CCC(C)CC1. The van der Waals surface area contributed by atoms with Crippen molar-refractivity contribution in [2.45, 2.75) is 84.1 Å². The maximum absolute atomic E-state index is 2.82. The zero-order chi connectivity index (χ0) is 12.8.